The first-order chi connectivity index (χ1) is 22.4. The normalized spacial score (nSPS) is 12.6. The number of hydrogen-bond donors (Lipinski definition) is 2. The molecule has 1 aliphatic heterocycles. The molecule has 0 unspecified atom stereocenters. The zero-order chi connectivity index (χ0) is 32.0. The van der Waals surface area contributed by atoms with Crippen molar-refractivity contribution in [3.8, 4) is 17.6 Å². The van der Waals surface area contributed by atoms with E-state index in [0.29, 0.717) is 54.5 Å². The number of ether oxygens (including phenoxy) is 1. The molecule has 0 fully saturated rings. The number of aromatic nitrogens is 2. The van der Waals surface area contributed by atoms with Crippen LogP contribution in [-0.4, -0.2) is 59.7 Å². The zero-order valence-electron chi connectivity index (χ0n) is 25.7. The summed E-state index contributed by atoms with van der Waals surface area (Å²) in [6.07, 6.45) is 2.06. The second kappa shape index (κ2) is 14.4. The molecule has 0 radical (unpaired) electrons. The summed E-state index contributed by atoms with van der Waals surface area (Å²) >= 11 is 3.00. The highest BCUT2D eigenvalue weighted by Gasteiger charge is 2.25. The standard InChI is InChI=1S/C35H34FN5O3S2/c1-40(2)17-6-8-23-14-15-30(27(36)20-23)44-19-7-13-32-29(22-42)38-35(46-32)41-18-16-24-9-5-10-25(26(24)21-41)33(43)39-34-37-28-11-3-4-12-31(28)45-34/h3-5,9-12,14-15,20,42H,7,13,16-19,21-22H2,1-2H3,(H,37,39,43). The number of anilines is 2. The van der Waals surface area contributed by atoms with Crippen molar-refractivity contribution in [3.05, 3.63) is 99.3 Å². The van der Waals surface area contributed by atoms with Gasteiger partial charge in [0.2, 0.25) is 0 Å². The summed E-state index contributed by atoms with van der Waals surface area (Å²) in [6.45, 7) is 2.05. The number of para-hydroxylation sites is 1. The average molecular weight is 656 g/mol. The van der Waals surface area contributed by atoms with Crippen molar-refractivity contribution < 1.29 is 19.0 Å². The van der Waals surface area contributed by atoms with Gasteiger partial charge in [-0.25, -0.2) is 14.4 Å². The number of aliphatic hydroxyl groups is 1. The first kappa shape index (κ1) is 31.6. The third-order valence-electron chi connectivity index (χ3n) is 7.58. The van der Waals surface area contributed by atoms with Gasteiger partial charge in [0.15, 0.2) is 21.8 Å². The van der Waals surface area contributed by atoms with Crippen LogP contribution in [0.3, 0.4) is 0 Å². The lowest BCUT2D eigenvalue weighted by molar-refractivity contribution is 0.102. The smallest absolute Gasteiger partial charge is 0.257 e. The van der Waals surface area contributed by atoms with E-state index in [0.717, 1.165) is 44.3 Å². The predicted molar refractivity (Wildman–Crippen MR) is 182 cm³/mol. The van der Waals surface area contributed by atoms with Crippen molar-refractivity contribution in [2.45, 2.75) is 32.4 Å². The Morgan fingerprint density at radius 1 is 1.13 bits per heavy atom. The minimum absolute atomic E-state index is 0.169. The molecule has 2 N–H and O–H groups in total. The highest BCUT2D eigenvalue weighted by atomic mass is 32.1. The van der Waals surface area contributed by atoms with Gasteiger partial charge in [-0.3, -0.25) is 15.0 Å². The van der Waals surface area contributed by atoms with Gasteiger partial charge in [0.25, 0.3) is 5.91 Å². The number of thiazole rings is 2. The zero-order valence-corrected chi connectivity index (χ0v) is 27.3. The minimum atomic E-state index is -0.439. The van der Waals surface area contributed by atoms with Crippen molar-refractivity contribution in [1.82, 2.24) is 14.9 Å². The number of hydrogen-bond acceptors (Lipinski definition) is 9. The number of rotatable bonds is 10. The topological polar surface area (TPSA) is 90.8 Å². The molecular weight excluding hydrogens is 622 g/mol. The Labute approximate surface area is 275 Å². The number of nitrogens with one attached hydrogen (secondary N) is 1. The highest BCUT2D eigenvalue weighted by molar-refractivity contribution is 7.22. The lowest BCUT2D eigenvalue weighted by Gasteiger charge is -2.29. The predicted octanol–water partition coefficient (Wildman–Crippen LogP) is 6.12. The van der Waals surface area contributed by atoms with Crippen molar-refractivity contribution in [2.24, 2.45) is 0 Å². The Morgan fingerprint density at radius 2 is 2.00 bits per heavy atom. The number of aryl methyl sites for hydroxylation is 1. The summed E-state index contributed by atoms with van der Waals surface area (Å²) in [5.41, 5.74) is 4.85. The maximum absolute atomic E-state index is 14.6. The third-order valence-corrected chi connectivity index (χ3v) is 9.75. The molecule has 0 spiro atoms. The molecule has 1 aliphatic rings. The average Bonchev–Trinajstić information content (AvgIpc) is 3.66. The van der Waals surface area contributed by atoms with Crippen molar-refractivity contribution in [3.63, 3.8) is 0 Å². The van der Waals surface area contributed by atoms with Crippen LogP contribution in [0.5, 0.6) is 5.75 Å². The monoisotopic (exact) mass is 655 g/mol. The summed E-state index contributed by atoms with van der Waals surface area (Å²) in [5.74, 6) is 5.53. The van der Waals surface area contributed by atoms with Gasteiger partial charge in [0.1, 0.15) is 0 Å². The Balaban J connectivity index is 1.08. The van der Waals surface area contributed by atoms with Crippen LogP contribution >= 0.6 is 22.7 Å². The first-order valence-electron chi connectivity index (χ1n) is 15.1. The van der Waals surface area contributed by atoms with Gasteiger partial charge in [0.05, 0.1) is 35.7 Å². The molecule has 0 atom stereocenters. The molecule has 2 aromatic heterocycles. The molecular formula is C35H34FN5O3S2. The second-order valence-electron chi connectivity index (χ2n) is 11.2. The number of halogens is 1. The van der Waals surface area contributed by atoms with Gasteiger partial charge in [-0.1, -0.05) is 47.4 Å². The minimum Gasteiger partial charge on any atom is -0.491 e. The molecule has 6 rings (SSSR count). The fourth-order valence-electron chi connectivity index (χ4n) is 5.28. The van der Waals surface area contributed by atoms with Crippen LogP contribution < -0.4 is 15.0 Å². The highest BCUT2D eigenvalue weighted by Crippen LogP contribution is 2.33. The molecule has 46 heavy (non-hydrogen) atoms. The van der Waals surface area contributed by atoms with E-state index in [1.807, 2.05) is 55.4 Å². The fraction of sp³-hybridized carbons (Fsp3) is 0.286. The number of fused-ring (bicyclic) bond motifs is 2. The maximum Gasteiger partial charge on any atom is 0.257 e. The van der Waals surface area contributed by atoms with Gasteiger partial charge in [-0.05, 0) is 80.9 Å². The Hall–Kier alpha value is -4.34. The third kappa shape index (κ3) is 7.37. The SMILES string of the molecule is CN(C)CC#Cc1ccc(OCCCc2sc(N3CCc4cccc(C(=O)Nc5nc6ccccc6s5)c4C3)nc2CO)c(F)c1. The van der Waals surface area contributed by atoms with Gasteiger partial charge >= 0.3 is 0 Å². The van der Waals surface area contributed by atoms with E-state index in [9.17, 15) is 14.3 Å². The molecule has 3 heterocycles. The van der Waals surface area contributed by atoms with E-state index < -0.39 is 5.82 Å². The fourth-order valence-corrected chi connectivity index (χ4v) is 7.28. The number of aliphatic hydroxyl groups excluding tert-OH is 1. The molecule has 0 saturated heterocycles. The number of carbonyl (C=O) groups excluding carboxylic acids is 1. The molecule has 236 valence electrons. The van der Waals surface area contributed by atoms with Gasteiger partial charge in [0, 0.05) is 29.1 Å². The van der Waals surface area contributed by atoms with Crippen LogP contribution in [-0.2, 0) is 26.0 Å². The summed E-state index contributed by atoms with van der Waals surface area (Å²) < 4.78 is 21.3. The number of carbonyl (C=O) groups is 1. The van der Waals surface area contributed by atoms with Crippen LogP contribution in [0.25, 0.3) is 10.2 Å². The largest absolute Gasteiger partial charge is 0.491 e. The van der Waals surface area contributed by atoms with Gasteiger partial charge < -0.3 is 14.7 Å². The van der Waals surface area contributed by atoms with E-state index in [-0.39, 0.29) is 18.3 Å². The van der Waals surface area contributed by atoms with Crippen LogP contribution in [0.1, 0.15) is 44.0 Å². The summed E-state index contributed by atoms with van der Waals surface area (Å²) in [7, 11) is 3.86. The molecule has 11 heteroatoms. The molecule has 8 nitrogen and oxygen atoms in total. The number of amides is 1. The van der Waals surface area contributed by atoms with E-state index >= 15 is 0 Å². The molecule has 0 aliphatic carbocycles. The quantitative estimate of drug-likeness (QED) is 0.138. The van der Waals surface area contributed by atoms with Crippen LogP contribution in [0.15, 0.2) is 60.7 Å². The van der Waals surface area contributed by atoms with E-state index in [2.05, 4.69) is 33.1 Å². The Kier molecular flexibility index (Phi) is 9.90. The Morgan fingerprint density at radius 3 is 2.80 bits per heavy atom. The molecule has 1 amide bonds. The number of nitrogens with zero attached hydrogens (tertiary/aromatic N) is 4. The first-order valence-corrected chi connectivity index (χ1v) is 16.7. The molecule has 0 bridgehead atoms. The van der Waals surface area contributed by atoms with E-state index in [1.165, 1.54) is 17.4 Å². The molecule has 0 saturated carbocycles. The van der Waals surface area contributed by atoms with Crippen LogP contribution in [0.2, 0.25) is 0 Å². The lowest BCUT2D eigenvalue weighted by Crippen LogP contribution is -2.32. The summed E-state index contributed by atoms with van der Waals surface area (Å²) in [6, 6.07) is 18.4. The van der Waals surface area contributed by atoms with Crippen molar-refractivity contribution >= 4 is 49.1 Å². The molecule has 5 aromatic rings. The van der Waals surface area contributed by atoms with Crippen molar-refractivity contribution in [2.75, 3.05) is 44.0 Å². The van der Waals surface area contributed by atoms with Crippen LogP contribution in [0.4, 0.5) is 14.7 Å². The van der Waals surface area contributed by atoms with Gasteiger partial charge in [-0.2, -0.15) is 0 Å². The summed E-state index contributed by atoms with van der Waals surface area (Å²) in [5, 5.41) is 14.4. The second-order valence-corrected chi connectivity index (χ2v) is 13.3. The van der Waals surface area contributed by atoms with E-state index in [1.54, 1.807) is 23.5 Å². The lowest BCUT2D eigenvalue weighted by atomic mass is 9.94. The number of benzene rings is 3. The van der Waals surface area contributed by atoms with Crippen LogP contribution in [0, 0.1) is 17.7 Å². The Bertz CT molecular complexity index is 1890. The summed E-state index contributed by atoms with van der Waals surface area (Å²) in [4.78, 5) is 27.8. The van der Waals surface area contributed by atoms with E-state index in [4.69, 9.17) is 9.72 Å². The molecule has 3 aromatic carbocycles. The van der Waals surface area contributed by atoms with Crippen molar-refractivity contribution in [1.29, 1.82) is 0 Å². The maximum atomic E-state index is 14.6. The van der Waals surface area contributed by atoms with Gasteiger partial charge in [-0.15, -0.1) is 11.3 Å².